The maximum Gasteiger partial charge on any atom is 0.130 e. The molecule has 0 aromatic heterocycles. The zero-order valence-electron chi connectivity index (χ0n) is 13.4. The van der Waals surface area contributed by atoms with Crippen molar-refractivity contribution in [2.75, 3.05) is 5.88 Å². The van der Waals surface area contributed by atoms with E-state index in [1.54, 1.807) is 0 Å². The maximum absolute atomic E-state index is 6.17. The van der Waals surface area contributed by atoms with Crippen LogP contribution in [0.15, 0.2) is 18.2 Å². The molecule has 114 valence electrons. The Kier molecular flexibility index (Phi) is 4.56. The summed E-state index contributed by atoms with van der Waals surface area (Å²) in [5.74, 6) is 7.14. The van der Waals surface area contributed by atoms with Gasteiger partial charge in [0.2, 0.25) is 0 Å². The lowest BCUT2D eigenvalue weighted by Crippen LogP contribution is -2.36. The SMILES string of the molecule is Cc1cc(OC2CC(C)(C)OC2(C)C)ccc1C#CCCl. The molecule has 1 fully saturated rings. The third kappa shape index (κ3) is 3.93. The van der Waals surface area contributed by atoms with Crippen molar-refractivity contribution in [1.29, 1.82) is 0 Å². The van der Waals surface area contributed by atoms with Crippen LogP contribution in [-0.4, -0.2) is 23.2 Å². The highest BCUT2D eigenvalue weighted by Gasteiger charge is 2.47. The van der Waals surface area contributed by atoms with E-state index in [4.69, 9.17) is 21.1 Å². The number of hydrogen-bond donors (Lipinski definition) is 0. The molecule has 1 aliphatic rings. The average Bonchev–Trinajstić information content (AvgIpc) is 2.56. The highest BCUT2D eigenvalue weighted by Crippen LogP contribution is 2.39. The molecule has 21 heavy (non-hydrogen) atoms. The topological polar surface area (TPSA) is 18.5 Å². The highest BCUT2D eigenvalue weighted by molar-refractivity contribution is 6.19. The zero-order chi connectivity index (χ0) is 15.7. The van der Waals surface area contributed by atoms with Crippen LogP contribution in [0.3, 0.4) is 0 Å². The van der Waals surface area contributed by atoms with E-state index in [0.717, 1.165) is 23.3 Å². The predicted molar refractivity (Wildman–Crippen MR) is 87.1 cm³/mol. The fourth-order valence-electron chi connectivity index (χ4n) is 2.84. The Hall–Kier alpha value is -1.17. The lowest BCUT2D eigenvalue weighted by molar-refractivity contribution is -0.0846. The van der Waals surface area contributed by atoms with Gasteiger partial charge in [-0.1, -0.05) is 11.8 Å². The first kappa shape index (κ1) is 16.2. The largest absolute Gasteiger partial charge is 0.487 e. The molecule has 1 aliphatic heterocycles. The Morgan fingerprint density at radius 3 is 2.57 bits per heavy atom. The molecule has 0 aliphatic carbocycles. The van der Waals surface area contributed by atoms with Gasteiger partial charge in [0.25, 0.3) is 0 Å². The average molecular weight is 307 g/mol. The summed E-state index contributed by atoms with van der Waals surface area (Å²) in [6.45, 7) is 10.4. The molecule has 0 spiro atoms. The second kappa shape index (κ2) is 5.91. The second-order valence-corrected chi connectivity index (χ2v) is 6.96. The number of hydrogen-bond acceptors (Lipinski definition) is 2. The predicted octanol–water partition coefficient (Wildman–Crippen LogP) is 4.31. The van der Waals surface area contributed by atoms with Crippen LogP contribution < -0.4 is 4.74 Å². The molecule has 1 aromatic carbocycles. The molecule has 1 heterocycles. The lowest BCUT2D eigenvalue weighted by Gasteiger charge is -2.27. The van der Waals surface area contributed by atoms with E-state index in [9.17, 15) is 0 Å². The van der Waals surface area contributed by atoms with Crippen LogP contribution in [0, 0.1) is 18.8 Å². The molecule has 0 N–H and O–H groups in total. The molecule has 2 rings (SSSR count). The van der Waals surface area contributed by atoms with E-state index < -0.39 is 0 Å². The Morgan fingerprint density at radius 1 is 1.33 bits per heavy atom. The van der Waals surface area contributed by atoms with Crippen LogP contribution >= 0.6 is 11.6 Å². The van der Waals surface area contributed by atoms with E-state index in [2.05, 4.69) is 39.5 Å². The molecule has 0 radical (unpaired) electrons. The normalized spacial score (nSPS) is 22.5. The van der Waals surface area contributed by atoms with Crippen molar-refractivity contribution in [3.05, 3.63) is 29.3 Å². The number of alkyl halides is 1. The van der Waals surface area contributed by atoms with Gasteiger partial charge >= 0.3 is 0 Å². The summed E-state index contributed by atoms with van der Waals surface area (Å²) >= 11 is 5.59. The lowest BCUT2D eigenvalue weighted by atomic mass is 9.97. The molecule has 0 bridgehead atoms. The minimum atomic E-state index is -0.283. The monoisotopic (exact) mass is 306 g/mol. The summed E-state index contributed by atoms with van der Waals surface area (Å²) in [5, 5.41) is 0. The van der Waals surface area contributed by atoms with Gasteiger partial charge in [-0.05, 0) is 58.4 Å². The van der Waals surface area contributed by atoms with Crippen molar-refractivity contribution in [3.63, 3.8) is 0 Å². The smallest absolute Gasteiger partial charge is 0.130 e. The minimum absolute atomic E-state index is 0.0478. The van der Waals surface area contributed by atoms with Gasteiger partial charge in [-0.25, -0.2) is 0 Å². The number of rotatable bonds is 2. The number of halogens is 1. The zero-order valence-corrected chi connectivity index (χ0v) is 14.2. The van der Waals surface area contributed by atoms with Crippen LogP contribution in [0.2, 0.25) is 0 Å². The summed E-state index contributed by atoms with van der Waals surface area (Å²) < 4.78 is 12.2. The van der Waals surface area contributed by atoms with E-state index >= 15 is 0 Å². The van der Waals surface area contributed by atoms with Gasteiger partial charge < -0.3 is 9.47 Å². The van der Waals surface area contributed by atoms with Crippen LogP contribution in [0.1, 0.15) is 45.2 Å². The van der Waals surface area contributed by atoms with Crippen molar-refractivity contribution in [1.82, 2.24) is 0 Å². The van der Waals surface area contributed by atoms with Gasteiger partial charge in [-0.2, -0.15) is 0 Å². The van der Waals surface area contributed by atoms with Gasteiger partial charge in [-0.3, -0.25) is 0 Å². The number of benzene rings is 1. The van der Waals surface area contributed by atoms with Crippen molar-refractivity contribution < 1.29 is 9.47 Å². The first-order chi connectivity index (χ1) is 9.73. The summed E-state index contributed by atoms with van der Waals surface area (Å²) in [6, 6.07) is 5.98. The molecular formula is C18H23ClO2. The van der Waals surface area contributed by atoms with Crippen molar-refractivity contribution in [2.45, 2.75) is 58.3 Å². The van der Waals surface area contributed by atoms with E-state index in [-0.39, 0.29) is 17.3 Å². The van der Waals surface area contributed by atoms with Crippen LogP contribution in [-0.2, 0) is 4.74 Å². The van der Waals surface area contributed by atoms with Gasteiger partial charge in [-0.15, -0.1) is 11.6 Å². The second-order valence-electron chi connectivity index (χ2n) is 6.69. The molecule has 0 saturated carbocycles. The third-order valence-corrected chi connectivity index (χ3v) is 3.89. The number of aryl methyl sites for hydroxylation is 1. The van der Waals surface area contributed by atoms with Gasteiger partial charge in [0, 0.05) is 12.0 Å². The molecule has 0 amide bonds. The standard InChI is InChI=1S/C18H23ClO2/c1-13-11-15(9-8-14(13)7-6-10-19)20-16-12-17(2,3)21-18(16,4)5/h8-9,11,16H,10,12H2,1-5H3. The highest BCUT2D eigenvalue weighted by atomic mass is 35.5. The Morgan fingerprint density at radius 2 is 2.05 bits per heavy atom. The Balaban J connectivity index is 2.16. The van der Waals surface area contributed by atoms with Crippen LogP contribution in [0.5, 0.6) is 5.75 Å². The van der Waals surface area contributed by atoms with Crippen molar-refractivity contribution in [2.24, 2.45) is 0 Å². The molecule has 1 unspecified atom stereocenters. The molecule has 1 atom stereocenters. The van der Waals surface area contributed by atoms with Gasteiger partial charge in [0.15, 0.2) is 0 Å². The summed E-state index contributed by atoms with van der Waals surface area (Å²) in [7, 11) is 0. The molecule has 2 nitrogen and oxygen atoms in total. The van der Waals surface area contributed by atoms with E-state index in [1.165, 1.54) is 0 Å². The van der Waals surface area contributed by atoms with E-state index in [1.807, 2.05) is 25.1 Å². The quantitative estimate of drug-likeness (QED) is 0.599. The summed E-state index contributed by atoms with van der Waals surface area (Å²) in [6.07, 6.45) is 0.930. The summed E-state index contributed by atoms with van der Waals surface area (Å²) in [4.78, 5) is 0. The third-order valence-electron chi connectivity index (χ3n) is 3.76. The van der Waals surface area contributed by atoms with Crippen LogP contribution in [0.4, 0.5) is 0 Å². The first-order valence-electron chi connectivity index (χ1n) is 7.26. The molecule has 1 aromatic rings. The fourth-order valence-corrected chi connectivity index (χ4v) is 2.90. The van der Waals surface area contributed by atoms with Crippen molar-refractivity contribution in [3.8, 4) is 17.6 Å². The molecular weight excluding hydrogens is 284 g/mol. The first-order valence-corrected chi connectivity index (χ1v) is 7.79. The molecule has 1 saturated heterocycles. The van der Waals surface area contributed by atoms with Gasteiger partial charge in [0.05, 0.1) is 11.5 Å². The van der Waals surface area contributed by atoms with E-state index in [0.29, 0.717) is 5.88 Å². The fraction of sp³-hybridized carbons (Fsp3) is 0.556. The van der Waals surface area contributed by atoms with Crippen LogP contribution in [0.25, 0.3) is 0 Å². The minimum Gasteiger partial charge on any atom is -0.487 e. The van der Waals surface area contributed by atoms with Gasteiger partial charge in [0.1, 0.15) is 17.5 Å². The Bertz CT molecular complexity index is 579. The number of ether oxygens (including phenoxy) is 2. The summed E-state index contributed by atoms with van der Waals surface area (Å²) in [5.41, 5.74) is 1.66. The van der Waals surface area contributed by atoms with Crippen molar-refractivity contribution >= 4 is 11.6 Å². The Labute approximate surface area is 132 Å². The molecule has 3 heteroatoms. The maximum atomic E-state index is 6.17.